The van der Waals surface area contributed by atoms with Crippen molar-refractivity contribution in [1.82, 2.24) is 24.8 Å². The first-order chi connectivity index (χ1) is 9.72. The lowest BCUT2D eigenvalue weighted by Crippen LogP contribution is -2.00. The molecule has 0 saturated carbocycles. The lowest BCUT2D eigenvalue weighted by Gasteiger charge is -2.09. The van der Waals surface area contributed by atoms with Gasteiger partial charge in [0, 0.05) is 5.56 Å². The van der Waals surface area contributed by atoms with E-state index in [-0.39, 0.29) is 5.95 Å². The summed E-state index contributed by atoms with van der Waals surface area (Å²) in [4.78, 5) is 4.35. The number of benzene rings is 1. The Balaban J connectivity index is 2.10. The van der Waals surface area contributed by atoms with Crippen LogP contribution in [0.4, 0.5) is 5.95 Å². The normalized spacial score (nSPS) is 10.7. The van der Waals surface area contributed by atoms with Crippen LogP contribution in [0.3, 0.4) is 0 Å². The van der Waals surface area contributed by atoms with Crippen molar-refractivity contribution in [3.8, 4) is 22.8 Å². The van der Waals surface area contributed by atoms with Gasteiger partial charge in [0.05, 0.1) is 26.1 Å². The monoisotopic (exact) mass is 272 g/mol. The molecule has 8 nitrogen and oxygen atoms in total. The van der Waals surface area contributed by atoms with Gasteiger partial charge in [-0.15, -0.1) is 10.2 Å². The zero-order valence-corrected chi connectivity index (χ0v) is 10.9. The molecule has 8 heteroatoms. The van der Waals surface area contributed by atoms with Crippen LogP contribution < -0.4 is 15.2 Å². The molecule has 2 aromatic heterocycles. The van der Waals surface area contributed by atoms with Gasteiger partial charge < -0.3 is 15.2 Å². The Morgan fingerprint density at radius 3 is 2.65 bits per heavy atom. The first-order valence-corrected chi connectivity index (χ1v) is 5.79. The molecular formula is C12H12N6O2. The fourth-order valence-electron chi connectivity index (χ4n) is 1.85. The van der Waals surface area contributed by atoms with Gasteiger partial charge in [-0.1, -0.05) is 0 Å². The number of nitrogen functional groups attached to an aromatic ring is 1. The highest BCUT2D eigenvalue weighted by atomic mass is 16.5. The fourth-order valence-corrected chi connectivity index (χ4v) is 1.85. The van der Waals surface area contributed by atoms with E-state index >= 15 is 0 Å². The van der Waals surface area contributed by atoms with Gasteiger partial charge in [0.1, 0.15) is 0 Å². The molecule has 0 bridgehead atoms. The summed E-state index contributed by atoms with van der Waals surface area (Å²) in [7, 11) is 3.16. The van der Waals surface area contributed by atoms with Crippen molar-refractivity contribution in [2.45, 2.75) is 0 Å². The molecule has 0 radical (unpaired) electrons. The summed E-state index contributed by atoms with van der Waals surface area (Å²) in [5, 5.41) is 11.7. The van der Waals surface area contributed by atoms with E-state index in [0.717, 1.165) is 5.56 Å². The maximum atomic E-state index is 5.60. The van der Waals surface area contributed by atoms with Crippen LogP contribution in [0.5, 0.6) is 11.5 Å². The van der Waals surface area contributed by atoms with E-state index in [2.05, 4.69) is 20.3 Å². The number of nitrogens with zero attached hydrogens (tertiary/aromatic N) is 5. The van der Waals surface area contributed by atoms with E-state index in [1.54, 1.807) is 26.5 Å². The molecule has 102 valence electrons. The molecule has 0 saturated heterocycles. The van der Waals surface area contributed by atoms with Gasteiger partial charge in [0.2, 0.25) is 5.95 Å². The number of nitrogens with two attached hydrogens (primary N) is 1. The number of anilines is 1. The second-order valence-corrected chi connectivity index (χ2v) is 3.98. The van der Waals surface area contributed by atoms with Crippen LogP contribution >= 0.6 is 0 Å². The summed E-state index contributed by atoms with van der Waals surface area (Å²) in [6, 6.07) is 5.49. The van der Waals surface area contributed by atoms with Crippen molar-refractivity contribution in [3.05, 3.63) is 24.4 Å². The average molecular weight is 272 g/mol. The summed E-state index contributed by atoms with van der Waals surface area (Å²) in [5.74, 6) is 1.81. The molecule has 0 unspecified atom stereocenters. The van der Waals surface area contributed by atoms with Crippen LogP contribution in [0.15, 0.2) is 24.4 Å². The standard InChI is InChI=1S/C12H12N6O2/c1-19-9-4-3-7(5-10(9)20-2)8-6-14-18-11(13)16-17-12(18)15-8/h3-6H,1-2H3,(H2,13,16). The predicted molar refractivity (Wildman–Crippen MR) is 71.5 cm³/mol. The summed E-state index contributed by atoms with van der Waals surface area (Å²) in [5.41, 5.74) is 7.08. The first-order valence-electron chi connectivity index (χ1n) is 5.79. The van der Waals surface area contributed by atoms with Gasteiger partial charge in [-0.25, -0.2) is 4.98 Å². The third kappa shape index (κ3) is 1.87. The van der Waals surface area contributed by atoms with Gasteiger partial charge >= 0.3 is 0 Å². The van der Waals surface area contributed by atoms with Gasteiger partial charge in [-0.3, -0.25) is 0 Å². The largest absolute Gasteiger partial charge is 0.493 e. The molecule has 1 aromatic carbocycles. The number of methoxy groups -OCH3 is 2. The number of aromatic nitrogens is 5. The Bertz CT molecular complexity index is 770. The SMILES string of the molecule is COc1ccc(-c2cnn3c(N)nnc3n2)cc1OC. The molecule has 2 N–H and O–H groups in total. The lowest BCUT2D eigenvalue weighted by molar-refractivity contribution is 0.355. The van der Waals surface area contributed by atoms with Crippen LogP contribution in [0.25, 0.3) is 17.0 Å². The van der Waals surface area contributed by atoms with Crippen molar-refractivity contribution in [2.75, 3.05) is 20.0 Å². The third-order valence-corrected chi connectivity index (χ3v) is 2.84. The van der Waals surface area contributed by atoms with E-state index in [1.165, 1.54) is 4.52 Å². The van der Waals surface area contributed by atoms with Gasteiger partial charge in [0.25, 0.3) is 5.78 Å². The third-order valence-electron chi connectivity index (χ3n) is 2.84. The number of hydrogen-bond donors (Lipinski definition) is 1. The zero-order chi connectivity index (χ0) is 14.1. The lowest BCUT2D eigenvalue weighted by atomic mass is 10.1. The smallest absolute Gasteiger partial charge is 0.274 e. The minimum Gasteiger partial charge on any atom is -0.493 e. The highest BCUT2D eigenvalue weighted by Crippen LogP contribution is 2.31. The van der Waals surface area contributed by atoms with Crippen molar-refractivity contribution in [3.63, 3.8) is 0 Å². The molecular weight excluding hydrogens is 260 g/mol. The Morgan fingerprint density at radius 2 is 1.90 bits per heavy atom. The molecule has 0 aliphatic heterocycles. The van der Waals surface area contributed by atoms with E-state index in [4.69, 9.17) is 15.2 Å². The zero-order valence-electron chi connectivity index (χ0n) is 10.9. The van der Waals surface area contributed by atoms with Gasteiger partial charge in [-0.05, 0) is 18.2 Å². The van der Waals surface area contributed by atoms with E-state index in [9.17, 15) is 0 Å². The number of ether oxygens (including phenoxy) is 2. The van der Waals surface area contributed by atoms with Gasteiger partial charge in [-0.2, -0.15) is 9.61 Å². The first kappa shape index (κ1) is 12.2. The maximum absolute atomic E-state index is 5.60. The molecule has 0 spiro atoms. The van der Waals surface area contributed by atoms with Crippen molar-refractivity contribution in [1.29, 1.82) is 0 Å². The average Bonchev–Trinajstić information content (AvgIpc) is 2.87. The molecule has 0 atom stereocenters. The summed E-state index contributed by atoms with van der Waals surface area (Å²) in [6.07, 6.45) is 1.59. The number of rotatable bonds is 3. The molecule has 0 fully saturated rings. The summed E-state index contributed by atoms with van der Waals surface area (Å²) in [6.45, 7) is 0. The molecule has 2 heterocycles. The fraction of sp³-hybridized carbons (Fsp3) is 0.167. The topological polar surface area (TPSA) is 100 Å². The Labute approximate surface area is 114 Å². The highest BCUT2D eigenvalue weighted by molar-refractivity contribution is 5.64. The Hall–Kier alpha value is -2.90. The van der Waals surface area contributed by atoms with Crippen molar-refractivity contribution in [2.24, 2.45) is 0 Å². The summed E-state index contributed by atoms with van der Waals surface area (Å²) < 4.78 is 11.8. The quantitative estimate of drug-likeness (QED) is 0.752. The van der Waals surface area contributed by atoms with Crippen LogP contribution in [0, 0.1) is 0 Å². The molecule has 0 amide bonds. The summed E-state index contributed by atoms with van der Waals surface area (Å²) >= 11 is 0. The van der Waals surface area contributed by atoms with Crippen LogP contribution in [-0.2, 0) is 0 Å². The Kier molecular flexibility index (Phi) is 2.82. The molecule has 3 rings (SSSR count). The highest BCUT2D eigenvalue weighted by Gasteiger charge is 2.10. The second kappa shape index (κ2) is 4.65. The van der Waals surface area contributed by atoms with E-state index in [1.807, 2.05) is 12.1 Å². The Morgan fingerprint density at radius 1 is 1.10 bits per heavy atom. The molecule has 3 aromatic rings. The van der Waals surface area contributed by atoms with Crippen LogP contribution in [-0.4, -0.2) is 39.0 Å². The minimum absolute atomic E-state index is 0.200. The van der Waals surface area contributed by atoms with Gasteiger partial charge in [0.15, 0.2) is 11.5 Å². The number of fused-ring (bicyclic) bond motifs is 1. The molecule has 20 heavy (non-hydrogen) atoms. The van der Waals surface area contributed by atoms with Crippen LogP contribution in [0.2, 0.25) is 0 Å². The van der Waals surface area contributed by atoms with Crippen molar-refractivity contribution < 1.29 is 9.47 Å². The van der Waals surface area contributed by atoms with E-state index < -0.39 is 0 Å². The van der Waals surface area contributed by atoms with E-state index in [0.29, 0.717) is 23.0 Å². The molecule has 0 aliphatic carbocycles. The number of hydrogen-bond acceptors (Lipinski definition) is 7. The molecule has 0 aliphatic rings. The second-order valence-electron chi connectivity index (χ2n) is 3.98. The maximum Gasteiger partial charge on any atom is 0.274 e. The minimum atomic E-state index is 0.200. The predicted octanol–water partition coefficient (Wildman–Crippen LogP) is 0.786. The van der Waals surface area contributed by atoms with Crippen molar-refractivity contribution >= 4 is 11.7 Å². The van der Waals surface area contributed by atoms with Crippen LogP contribution in [0.1, 0.15) is 0 Å².